The SMILES string of the molecule is COCC1NNC2OC(N)=C(C#N)C(c3ccc(F)cc3)C12. The van der Waals surface area contributed by atoms with Gasteiger partial charge in [-0.1, -0.05) is 12.1 Å². The number of nitriles is 1. The minimum absolute atomic E-state index is 0.0542. The van der Waals surface area contributed by atoms with Crippen molar-refractivity contribution in [2.75, 3.05) is 13.7 Å². The lowest BCUT2D eigenvalue weighted by atomic mass is 9.76. The fraction of sp³-hybridized carbons (Fsp3) is 0.400. The number of benzene rings is 1. The van der Waals surface area contributed by atoms with E-state index in [1.54, 1.807) is 19.2 Å². The number of nitrogens with zero attached hydrogens (tertiary/aromatic N) is 1. The van der Waals surface area contributed by atoms with Gasteiger partial charge in [-0.15, -0.1) is 0 Å². The van der Waals surface area contributed by atoms with Crippen LogP contribution in [0.3, 0.4) is 0 Å². The van der Waals surface area contributed by atoms with Crippen molar-refractivity contribution in [3.63, 3.8) is 0 Å². The van der Waals surface area contributed by atoms with Gasteiger partial charge in [-0.2, -0.15) is 5.26 Å². The maximum absolute atomic E-state index is 13.2. The summed E-state index contributed by atoms with van der Waals surface area (Å²) in [5, 5.41) is 9.47. The van der Waals surface area contributed by atoms with E-state index in [1.807, 2.05) is 0 Å². The van der Waals surface area contributed by atoms with E-state index in [2.05, 4.69) is 16.9 Å². The normalized spacial score (nSPS) is 30.6. The lowest BCUT2D eigenvalue weighted by Crippen LogP contribution is -2.42. The fourth-order valence-electron chi connectivity index (χ4n) is 3.17. The second-order valence-electron chi connectivity index (χ2n) is 5.39. The Morgan fingerprint density at radius 3 is 2.73 bits per heavy atom. The number of allylic oxidation sites excluding steroid dienone is 1. The Kier molecular flexibility index (Phi) is 3.98. The molecule has 4 N–H and O–H groups in total. The molecule has 0 saturated carbocycles. The maximum atomic E-state index is 13.2. The number of rotatable bonds is 3. The maximum Gasteiger partial charge on any atom is 0.200 e. The third-order valence-corrected chi connectivity index (χ3v) is 4.14. The Hall–Kier alpha value is -2.14. The van der Waals surface area contributed by atoms with Crippen molar-refractivity contribution in [3.05, 3.63) is 47.1 Å². The summed E-state index contributed by atoms with van der Waals surface area (Å²) in [6.07, 6.45) is -0.368. The second kappa shape index (κ2) is 5.93. The van der Waals surface area contributed by atoms with Crippen molar-refractivity contribution in [2.24, 2.45) is 11.7 Å². The van der Waals surface area contributed by atoms with E-state index in [1.165, 1.54) is 12.1 Å². The summed E-state index contributed by atoms with van der Waals surface area (Å²) in [6, 6.07) is 8.19. The molecule has 0 spiro atoms. The highest BCUT2D eigenvalue weighted by molar-refractivity contribution is 5.41. The Labute approximate surface area is 127 Å². The number of methoxy groups -OCH3 is 1. The second-order valence-corrected chi connectivity index (χ2v) is 5.39. The molecule has 0 radical (unpaired) electrons. The predicted molar refractivity (Wildman–Crippen MR) is 76.3 cm³/mol. The molecule has 0 amide bonds. The number of ether oxygens (including phenoxy) is 2. The summed E-state index contributed by atoms with van der Waals surface area (Å²) in [5.41, 5.74) is 13.2. The summed E-state index contributed by atoms with van der Waals surface area (Å²) in [5.74, 6) is -0.594. The quantitative estimate of drug-likeness (QED) is 0.761. The first-order valence-electron chi connectivity index (χ1n) is 6.97. The highest BCUT2D eigenvalue weighted by Gasteiger charge is 2.48. The molecule has 4 atom stereocenters. The third-order valence-electron chi connectivity index (χ3n) is 4.14. The number of fused-ring (bicyclic) bond motifs is 1. The highest BCUT2D eigenvalue weighted by Crippen LogP contribution is 2.42. The van der Waals surface area contributed by atoms with E-state index < -0.39 is 0 Å². The number of nitrogens with two attached hydrogens (primary N) is 1. The number of halogens is 1. The van der Waals surface area contributed by atoms with Crippen LogP contribution in [0.2, 0.25) is 0 Å². The number of hydrazine groups is 1. The molecule has 1 aromatic carbocycles. The smallest absolute Gasteiger partial charge is 0.200 e. The third kappa shape index (κ3) is 2.41. The molecule has 1 fully saturated rings. The van der Waals surface area contributed by atoms with Crippen LogP contribution in [0.5, 0.6) is 0 Å². The molecule has 2 aliphatic rings. The average molecular weight is 304 g/mol. The lowest BCUT2D eigenvalue weighted by molar-refractivity contribution is 0.0279. The zero-order valence-corrected chi connectivity index (χ0v) is 12.0. The van der Waals surface area contributed by atoms with Crippen molar-refractivity contribution < 1.29 is 13.9 Å². The van der Waals surface area contributed by atoms with Gasteiger partial charge in [0.2, 0.25) is 5.88 Å². The van der Waals surface area contributed by atoms with Crippen LogP contribution in [0.15, 0.2) is 35.7 Å². The van der Waals surface area contributed by atoms with Crippen LogP contribution >= 0.6 is 0 Å². The van der Waals surface area contributed by atoms with Gasteiger partial charge in [0, 0.05) is 18.9 Å². The molecule has 1 saturated heterocycles. The minimum atomic E-state index is -0.368. The predicted octanol–water partition coefficient (Wildman–Crippen LogP) is 0.698. The van der Waals surface area contributed by atoms with Crippen LogP contribution in [-0.2, 0) is 9.47 Å². The molecule has 1 aromatic rings. The van der Waals surface area contributed by atoms with Crippen molar-refractivity contribution >= 4 is 0 Å². The van der Waals surface area contributed by atoms with E-state index >= 15 is 0 Å². The zero-order valence-electron chi connectivity index (χ0n) is 12.0. The first-order valence-corrected chi connectivity index (χ1v) is 6.97. The molecule has 6 nitrogen and oxygen atoms in total. The van der Waals surface area contributed by atoms with Crippen molar-refractivity contribution in [2.45, 2.75) is 18.2 Å². The van der Waals surface area contributed by atoms with Crippen LogP contribution in [0, 0.1) is 23.1 Å². The number of hydrogen-bond donors (Lipinski definition) is 3. The van der Waals surface area contributed by atoms with Gasteiger partial charge in [0.25, 0.3) is 0 Å². The van der Waals surface area contributed by atoms with Crippen molar-refractivity contribution in [1.82, 2.24) is 10.9 Å². The average Bonchev–Trinajstić information content (AvgIpc) is 2.90. The number of hydrogen-bond acceptors (Lipinski definition) is 6. The van der Waals surface area contributed by atoms with Crippen LogP contribution in [0.25, 0.3) is 0 Å². The van der Waals surface area contributed by atoms with Gasteiger partial charge in [0.1, 0.15) is 11.9 Å². The molecular weight excluding hydrogens is 287 g/mol. The van der Waals surface area contributed by atoms with Crippen LogP contribution in [0.1, 0.15) is 11.5 Å². The van der Waals surface area contributed by atoms with Gasteiger partial charge in [-0.05, 0) is 17.7 Å². The Bertz CT molecular complexity index is 625. The van der Waals surface area contributed by atoms with Crippen molar-refractivity contribution in [1.29, 1.82) is 5.26 Å². The molecule has 3 rings (SSSR count). The zero-order chi connectivity index (χ0) is 15.7. The molecule has 0 bridgehead atoms. The molecule has 4 unspecified atom stereocenters. The topological polar surface area (TPSA) is 92.3 Å². The molecule has 2 aliphatic heterocycles. The fourth-order valence-corrected chi connectivity index (χ4v) is 3.17. The summed E-state index contributed by atoms with van der Waals surface area (Å²) in [7, 11) is 1.61. The monoisotopic (exact) mass is 304 g/mol. The summed E-state index contributed by atoms with van der Waals surface area (Å²) < 4.78 is 24.0. The molecular formula is C15H17FN4O2. The Morgan fingerprint density at radius 2 is 2.09 bits per heavy atom. The molecule has 2 heterocycles. The van der Waals surface area contributed by atoms with Gasteiger partial charge >= 0.3 is 0 Å². The van der Waals surface area contributed by atoms with Crippen LogP contribution in [0.4, 0.5) is 4.39 Å². The summed E-state index contributed by atoms with van der Waals surface area (Å²) in [4.78, 5) is 0. The van der Waals surface area contributed by atoms with Gasteiger partial charge in [0.15, 0.2) is 6.23 Å². The summed E-state index contributed by atoms with van der Waals surface area (Å²) in [6.45, 7) is 0.452. The Morgan fingerprint density at radius 1 is 1.36 bits per heavy atom. The standard InChI is InChI=1S/C15H17FN4O2/c1-21-7-11-13-12(8-2-4-9(16)5-3-8)10(6-17)14(18)22-15(13)20-19-11/h2-5,11-13,15,19-20H,7,18H2,1H3. The van der Waals surface area contributed by atoms with Gasteiger partial charge in [-0.3, -0.25) is 0 Å². The minimum Gasteiger partial charge on any atom is -0.458 e. The molecule has 0 aliphatic carbocycles. The van der Waals surface area contributed by atoms with E-state index in [-0.39, 0.29) is 35.8 Å². The largest absolute Gasteiger partial charge is 0.458 e. The first-order chi connectivity index (χ1) is 10.7. The molecule has 0 aromatic heterocycles. The van der Waals surface area contributed by atoms with E-state index in [0.29, 0.717) is 12.2 Å². The van der Waals surface area contributed by atoms with Crippen LogP contribution in [-0.4, -0.2) is 26.0 Å². The lowest BCUT2D eigenvalue weighted by Gasteiger charge is -2.35. The van der Waals surface area contributed by atoms with Gasteiger partial charge in [0.05, 0.1) is 18.2 Å². The van der Waals surface area contributed by atoms with Gasteiger partial charge < -0.3 is 15.2 Å². The van der Waals surface area contributed by atoms with Crippen LogP contribution < -0.4 is 16.6 Å². The molecule has 22 heavy (non-hydrogen) atoms. The molecule has 116 valence electrons. The highest BCUT2D eigenvalue weighted by atomic mass is 19.1. The van der Waals surface area contributed by atoms with E-state index in [9.17, 15) is 9.65 Å². The first kappa shape index (κ1) is 14.8. The van der Waals surface area contributed by atoms with E-state index in [4.69, 9.17) is 15.2 Å². The molecule has 7 heteroatoms. The van der Waals surface area contributed by atoms with Crippen molar-refractivity contribution in [3.8, 4) is 6.07 Å². The summed E-state index contributed by atoms with van der Waals surface area (Å²) >= 11 is 0. The van der Waals surface area contributed by atoms with Gasteiger partial charge in [-0.25, -0.2) is 15.2 Å². The number of nitrogens with one attached hydrogen (secondary N) is 2. The van der Waals surface area contributed by atoms with E-state index in [0.717, 1.165) is 5.56 Å². The Balaban J connectivity index is 2.05.